The highest BCUT2D eigenvalue weighted by molar-refractivity contribution is 5.82. The summed E-state index contributed by atoms with van der Waals surface area (Å²) in [6, 6.07) is 14.1. The first-order valence-corrected chi connectivity index (χ1v) is 4.89. The third-order valence-electron chi connectivity index (χ3n) is 2.27. The third kappa shape index (κ3) is 2.25. The first-order valence-electron chi connectivity index (χ1n) is 4.89. The SMILES string of the molecule is NN=Cc1cccc(-c2cccc(F)c2)c1. The summed E-state index contributed by atoms with van der Waals surface area (Å²) >= 11 is 0. The molecule has 16 heavy (non-hydrogen) atoms. The van der Waals surface area contributed by atoms with E-state index in [2.05, 4.69) is 5.10 Å². The van der Waals surface area contributed by atoms with Gasteiger partial charge in [0.25, 0.3) is 0 Å². The van der Waals surface area contributed by atoms with E-state index >= 15 is 0 Å². The first kappa shape index (κ1) is 10.4. The number of hydrazone groups is 1. The lowest BCUT2D eigenvalue weighted by Gasteiger charge is -2.02. The summed E-state index contributed by atoms with van der Waals surface area (Å²) in [7, 11) is 0. The van der Waals surface area contributed by atoms with Gasteiger partial charge in [0.15, 0.2) is 0 Å². The van der Waals surface area contributed by atoms with E-state index in [9.17, 15) is 4.39 Å². The molecule has 0 fully saturated rings. The van der Waals surface area contributed by atoms with Gasteiger partial charge in [-0.3, -0.25) is 0 Å². The van der Waals surface area contributed by atoms with Gasteiger partial charge in [-0.2, -0.15) is 5.10 Å². The maximum Gasteiger partial charge on any atom is 0.123 e. The van der Waals surface area contributed by atoms with E-state index < -0.39 is 0 Å². The highest BCUT2D eigenvalue weighted by Crippen LogP contribution is 2.20. The molecule has 2 aromatic carbocycles. The summed E-state index contributed by atoms with van der Waals surface area (Å²) in [5.74, 6) is 4.84. The number of halogens is 1. The fourth-order valence-corrected chi connectivity index (χ4v) is 1.55. The fourth-order valence-electron chi connectivity index (χ4n) is 1.55. The Morgan fingerprint density at radius 1 is 1.00 bits per heavy atom. The summed E-state index contributed by atoms with van der Waals surface area (Å²) in [6.45, 7) is 0. The Balaban J connectivity index is 2.44. The molecule has 0 amide bonds. The minimum absolute atomic E-state index is 0.240. The lowest BCUT2D eigenvalue weighted by Crippen LogP contribution is -1.87. The van der Waals surface area contributed by atoms with E-state index in [-0.39, 0.29) is 5.82 Å². The van der Waals surface area contributed by atoms with Crippen molar-refractivity contribution in [3.63, 3.8) is 0 Å². The van der Waals surface area contributed by atoms with Gasteiger partial charge in [-0.15, -0.1) is 0 Å². The Kier molecular flexibility index (Phi) is 2.96. The Morgan fingerprint density at radius 3 is 2.38 bits per heavy atom. The average Bonchev–Trinajstić information content (AvgIpc) is 2.30. The number of nitrogens with zero attached hydrogens (tertiary/aromatic N) is 1. The van der Waals surface area contributed by atoms with Crippen LogP contribution in [0.15, 0.2) is 53.6 Å². The predicted molar refractivity (Wildman–Crippen MR) is 63.6 cm³/mol. The number of hydrogen-bond acceptors (Lipinski definition) is 2. The minimum Gasteiger partial charge on any atom is -0.323 e. The van der Waals surface area contributed by atoms with Crippen LogP contribution in [-0.4, -0.2) is 6.21 Å². The van der Waals surface area contributed by atoms with Crippen molar-refractivity contribution in [3.8, 4) is 11.1 Å². The van der Waals surface area contributed by atoms with Gasteiger partial charge in [0.05, 0.1) is 6.21 Å². The molecule has 0 atom stereocenters. The molecule has 2 nitrogen and oxygen atoms in total. The predicted octanol–water partition coefficient (Wildman–Crippen LogP) is 2.79. The number of rotatable bonds is 2. The summed E-state index contributed by atoms with van der Waals surface area (Å²) in [5.41, 5.74) is 2.67. The monoisotopic (exact) mass is 214 g/mol. The van der Waals surface area contributed by atoms with Crippen molar-refractivity contribution in [1.82, 2.24) is 0 Å². The van der Waals surface area contributed by atoms with Crippen LogP contribution in [0.1, 0.15) is 5.56 Å². The molecule has 0 aliphatic carbocycles. The van der Waals surface area contributed by atoms with Gasteiger partial charge < -0.3 is 5.84 Å². The second kappa shape index (κ2) is 4.57. The smallest absolute Gasteiger partial charge is 0.123 e. The highest BCUT2D eigenvalue weighted by Gasteiger charge is 1.99. The summed E-state index contributed by atoms with van der Waals surface area (Å²) in [5, 5.41) is 3.46. The molecule has 0 aromatic heterocycles. The van der Waals surface area contributed by atoms with Crippen LogP contribution in [0, 0.1) is 5.82 Å². The molecule has 80 valence electrons. The molecular weight excluding hydrogens is 203 g/mol. The normalized spacial score (nSPS) is 10.8. The average molecular weight is 214 g/mol. The molecule has 2 rings (SSSR count). The van der Waals surface area contributed by atoms with E-state index in [1.54, 1.807) is 12.3 Å². The fraction of sp³-hybridized carbons (Fsp3) is 0. The quantitative estimate of drug-likeness (QED) is 0.466. The van der Waals surface area contributed by atoms with Crippen molar-refractivity contribution in [2.24, 2.45) is 10.9 Å². The molecule has 0 aliphatic rings. The molecule has 0 saturated heterocycles. The zero-order chi connectivity index (χ0) is 11.4. The summed E-state index contributed by atoms with van der Waals surface area (Å²) in [6.07, 6.45) is 1.56. The van der Waals surface area contributed by atoms with Crippen molar-refractivity contribution in [2.45, 2.75) is 0 Å². The van der Waals surface area contributed by atoms with Gasteiger partial charge in [0.1, 0.15) is 5.82 Å². The molecule has 2 N–H and O–H groups in total. The van der Waals surface area contributed by atoms with Crippen molar-refractivity contribution in [2.75, 3.05) is 0 Å². The van der Waals surface area contributed by atoms with Gasteiger partial charge in [0.2, 0.25) is 0 Å². The van der Waals surface area contributed by atoms with Crippen molar-refractivity contribution >= 4 is 6.21 Å². The number of nitrogens with two attached hydrogens (primary N) is 1. The zero-order valence-corrected chi connectivity index (χ0v) is 8.60. The second-order valence-electron chi connectivity index (χ2n) is 3.41. The van der Waals surface area contributed by atoms with E-state index in [0.717, 1.165) is 16.7 Å². The van der Waals surface area contributed by atoms with E-state index in [1.165, 1.54) is 12.1 Å². The standard InChI is InChI=1S/C13H11FN2/c14-13-6-2-5-12(8-13)11-4-1-3-10(7-11)9-16-15/h1-9H,15H2. The molecule has 2 aromatic rings. The van der Waals surface area contributed by atoms with Gasteiger partial charge >= 0.3 is 0 Å². The van der Waals surface area contributed by atoms with Crippen LogP contribution in [0.5, 0.6) is 0 Å². The number of benzene rings is 2. The molecule has 0 bridgehead atoms. The molecule has 0 radical (unpaired) electrons. The van der Waals surface area contributed by atoms with Crippen LogP contribution in [-0.2, 0) is 0 Å². The zero-order valence-electron chi connectivity index (χ0n) is 8.60. The summed E-state index contributed by atoms with van der Waals surface area (Å²) in [4.78, 5) is 0. The Bertz CT molecular complexity index is 521. The second-order valence-corrected chi connectivity index (χ2v) is 3.41. The molecular formula is C13H11FN2. The molecule has 0 heterocycles. The van der Waals surface area contributed by atoms with Gasteiger partial charge in [-0.25, -0.2) is 4.39 Å². The Labute approximate surface area is 93.2 Å². The van der Waals surface area contributed by atoms with E-state index in [1.807, 2.05) is 30.3 Å². The largest absolute Gasteiger partial charge is 0.323 e. The van der Waals surface area contributed by atoms with Crippen molar-refractivity contribution in [3.05, 3.63) is 59.9 Å². The first-order chi connectivity index (χ1) is 7.79. The lowest BCUT2D eigenvalue weighted by molar-refractivity contribution is 0.628. The van der Waals surface area contributed by atoms with E-state index in [0.29, 0.717) is 0 Å². The van der Waals surface area contributed by atoms with Gasteiger partial charge in [-0.05, 0) is 34.9 Å². The van der Waals surface area contributed by atoms with Gasteiger partial charge in [0, 0.05) is 0 Å². The van der Waals surface area contributed by atoms with Crippen molar-refractivity contribution < 1.29 is 4.39 Å². The van der Waals surface area contributed by atoms with Crippen molar-refractivity contribution in [1.29, 1.82) is 0 Å². The van der Waals surface area contributed by atoms with Crippen LogP contribution < -0.4 is 5.84 Å². The minimum atomic E-state index is -0.240. The Morgan fingerprint density at radius 2 is 1.69 bits per heavy atom. The summed E-state index contributed by atoms with van der Waals surface area (Å²) < 4.78 is 13.1. The third-order valence-corrected chi connectivity index (χ3v) is 2.27. The lowest BCUT2D eigenvalue weighted by atomic mass is 10.0. The Hall–Kier alpha value is -2.16. The molecule has 0 saturated carbocycles. The van der Waals surface area contributed by atoms with E-state index in [4.69, 9.17) is 5.84 Å². The molecule has 0 spiro atoms. The molecule has 0 unspecified atom stereocenters. The number of hydrogen-bond donors (Lipinski definition) is 1. The van der Waals surface area contributed by atoms with Crippen LogP contribution in [0.3, 0.4) is 0 Å². The maximum absolute atomic E-state index is 13.1. The highest BCUT2D eigenvalue weighted by atomic mass is 19.1. The van der Waals surface area contributed by atoms with Gasteiger partial charge in [-0.1, -0.05) is 30.3 Å². The van der Waals surface area contributed by atoms with Crippen LogP contribution >= 0.6 is 0 Å². The molecule has 3 heteroatoms. The van der Waals surface area contributed by atoms with Crippen LogP contribution in [0.25, 0.3) is 11.1 Å². The maximum atomic E-state index is 13.1. The van der Waals surface area contributed by atoms with Crippen LogP contribution in [0.2, 0.25) is 0 Å². The molecule has 0 aliphatic heterocycles. The van der Waals surface area contributed by atoms with Crippen LogP contribution in [0.4, 0.5) is 4.39 Å². The topological polar surface area (TPSA) is 38.4 Å².